The summed E-state index contributed by atoms with van der Waals surface area (Å²) in [7, 11) is 0. The van der Waals surface area contributed by atoms with E-state index in [0.717, 1.165) is 5.56 Å². The first-order valence-corrected chi connectivity index (χ1v) is 5.86. The summed E-state index contributed by atoms with van der Waals surface area (Å²) in [6.45, 7) is 3.80. The molecule has 2 aromatic carbocycles. The van der Waals surface area contributed by atoms with Gasteiger partial charge in [-0.15, -0.1) is 0 Å². The maximum atomic E-state index is 12.0. The van der Waals surface area contributed by atoms with Gasteiger partial charge in [0.25, 0.3) is 5.91 Å². The number of hydrogen-bond acceptors (Lipinski definition) is 1. The predicted molar refractivity (Wildman–Crippen MR) is 75.6 cm³/mol. The van der Waals surface area contributed by atoms with Gasteiger partial charge in [-0.1, -0.05) is 54.6 Å². The van der Waals surface area contributed by atoms with Crippen molar-refractivity contribution in [1.29, 1.82) is 0 Å². The zero-order valence-corrected chi connectivity index (χ0v) is 10.4. The fourth-order valence-corrected chi connectivity index (χ4v) is 1.73. The number of carbonyl (C=O) groups is 1. The molecular weight excluding hydrogens is 246 g/mol. The minimum Gasteiger partial charge on any atom is -0.322 e. The van der Waals surface area contributed by atoms with Crippen molar-refractivity contribution in [2.45, 2.75) is 0 Å². The van der Waals surface area contributed by atoms with Crippen LogP contribution in [0.2, 0.25) is 5.02 Å². The van der Waals surface area contributed by atoms with E-state index < -0.39 is 0 Å². The van der Waals surface area contributed by atoms with Gasteiger partial charge >= 0.3 is 0 Å². The zero-order chi connectivity index (χ0) is 13.0. The van der Waals surface area contributed by atoms with Crippen molar-refractivity contribution in [3.8, 4) is 0 Å². The highest BCUT2D eigenvalue weighted by Crippen LogP contribution is 2.18. The zero-order valence-electron chi connectivity index (χ0n) is 9.69. The molecule has 0 aromatic heterocycles. The highest BCUT2D eigenvalue weighted by molar-refractivity contribution is 6.31. The van der Waals surface area contributed by atoms with Gasteiger partial charge in [0.1, 0.15) is 0 Å². The third kappa shape index (κ3) is 2.99. The van der Waals surface area contributed by atoms with Crippen molar-refractivity contribution in [2.24, 2.45) is 0 Å². The fourth-order valence-electron chi connectivity index (χ4n) is 1.54. The number of hydrogen-bond donors (Lipinski definition) is 1. The van der Waals surface area contributed by atoms with Crippen molar-refractivity contribution in [2.75, 3.05) is 5.32 Å². The van der Waals surface area contributed by atoms with Gasteiger partial charge in [0.05, 0.1) is 0 Å². The molecule has 1 N–H and O–H groups in total. The van der Waals surface area contributed by atoms with Crippen molar-refractivity contribution in [1.82, 2.24) is 0 Å². The van der Waals surface area contributed by atoms with Gasteiger partial charge in [-0.25, -0.2) is 0 Å². The molecule has 3 heteroatoms. The number of halogens is 1. The molecule has 0 spiro atoms. The van der Waals surface area contributed by atoms with Crippen LogP contribution in [0, 0.1) is 0 Å². The van der Waals surface area contributed by atoms with E-state index in [2.05, 4.69) is 11.9 Å². The second-order valence-electron chi connectivity index (χ2n) is 3.81. The quantitative estimate of drug-likeness (QED) is 0.828. The Kier molecular flexibility index (Phi) is 3.80. The van der Waals surface area contributed by atoms with E-state index in [0.29, 0.717) is 16.3 Å². The third-order valence-electron chi connectivity index (χ3n) is 2.48. The van der Waals surface area contributed by atoms with Crippen LogP contribution in [0.4, 0.5) is 5.69 Å². The van der Waals surface area contributed by atoms with Gasteiger partial charge in [0.15, 0.2) is 0 Å². The Morgan fingerprint density at radius 2 is 1.78 bits per heavy atom. The normalized spacial score (nSPS) is 9.83. The van der Waals surface area contributed by atoms with Crippen molar-refractivity contribution in [3.63, 3.8) is 0 Å². The van der Waals surface area contributed by atoms with Gasteiger partial charge in [0, 0.05) is 16.3 Å². The topological polar surface area (TPSA) is 29.1 Å². The maximum Gasteiger partial charge on any atom is 0.255 e. The Hall–Kier alpha value is -2.06. The standard InChI is InChI=1S/C15H12ClNO/c1-11(12-6-3-2-4-7-12)15(18)17-14-9-5-8-13(16)10-14/h2-10H,1H2,(H,17,18). The van der Waals surface area contributed by atoms with E-state index in [-0.39, 0.29) is 5.91 Å². The van der Waals surface area contributed by atoms with Crippen LogP contribution in [0.15, 0.2) is 61.2 Å². The summed E-state index contributed by atoms with van der Waals surface area (Å²) in [6.07, 6.45) is 0. The highest BCUT2D eigenvalue weighted by atomic mass is 35.5. The Morgan fingerprint density at radius 3 is 2.44 bits per heavy atom. The molecule has 0 aliphatic rings. The summed E-state index contributed by atoms with van der Waals surface area (Å²) in [5.74, 6) is -0.233. The first-order chi connectivity index (χ1) is 8.66. The summed E-state index contributed by atoms with van der Waals surface area (Å²) in [6, 6.07) is 16.3. The molecule has 1 amide bonds. The molecule has 90 valence electrons. The van der Waals surface area contributed by atoms with Crippen LogP contribution in [-0.2, 0) is 4.79 Å². The maximum absolute atomic E-state index is 12.0. The van der Waals surface area contributed by atoms with Gasteiger partial charge in [-0.3, -0.25) is 4.79 Å². The lowest BCUT2D eigenvalue weighted by Gasteiger charge is -2.08. The molecule has 0 atom stereocenters. The minimum absolute atomic E-state index is 0.233. The highest BCUT2D eigenvalue weighted by Gasteiger charge is 2.09. The molecule has 0 saturated carbocycles. The average molecular weight is 258 g/mol. The number of nitrogens with one attached hydrogen (secondary N) is 1. The Morgan fingerprint density at radius 1 is 1.06 bits per heavy atom. The number of anilines is 1. The predicted octanol–water partition coefficient (Wildman–Crippen LogP) is 3.99. The number of carbonyl (C=O) groups excluding carboxylic acids is 1. The van der Waals surface area contributed by atoms with Crippen LogP contribution >= 0.6 is 11.6 Å². The second kappa shape index (κ2) is 5.52. The van der Waals surface area contributed by atoms with Crippen molar-refractivity contribution in [3.05, 3.63) is 71.8 Å². The molecule has 0 unspecified atom stereocenters. The molecule has 0 fully saturated rings. The molecule has 18 heavy (non-hydrogen) atoms. The monoisotopic (exact) mass is 257 g/mol. The molecule has 2 aromatic rings. The second-order valence-corrected chi connectivity index (χ2v) is 4.25. The summed E-state index contributed by atoms with van der Waals surface area (Å²) in [4.78, 5) is 12.0. The minimum atomic E-state index is -0.233. The summed E-state index contributed by atoms with van der Waals surface area (Å²) in [5, 5.41) is 3.34. The fraction of sp³-hybridized carbons (Fsp3) is 0. The van der Waals surface area contributed by atoms with Crippen LogP contribution in [0.25, 0.3) is 5.57 Å². The molecular formula is C15H12ClNO. The Bertz CT molecular complexity index is 578. The van der Waals surface area contributed by atoms with Crippen molar-refractivity contribution < 1.29 is 4.79 Å². The molecule has 2 nitrogen and oxygen atoms in total. The van der Waals surface area contributed by atoms with E-state index >= 15 is 0 Å². The van der Waals surface area contributed by atoms with E-state index in [1.54, 1.807) is 24.3 Å². The van der Waals surface area contributed by atoms with Crippen LogP contribution < -0.4 is 5.32 Å². The number of rotatable bonds is 3. The summed E-state index contributed by atoms with van der Waals surface area (Å²) in [5.41, 5.74) is 1.89. The van der Waals surface area contributed by atoms with Crippen LogP contribution in [0.1, 0.15) is 5.56 Å². The lowest BCUT2D eigenvalue weighted by molar-refractivity contribution is -0.111. The molecule has 0 aliphatic heterocycles. The molecule has 2 rings (SSSR count). The first-order valence-electron chi connectivity index (χ1n) is 5.48. The Labute approximate surface area is 111 Å². The molecule has 0 bridgehead atoms. The van der Waals surface area contributed by atoms with E-state index in [4.69, 9.17) is 11.6 Å². The largest absolute Gasteiger partial charge is 0.322 e. The van der Waals surface area contributed by atoms with E-state index in [1.165, 1.54) is 0 Å². The van der Waals surface area contributed by atoms with Crippen LogP contribution in [-0.4, -0.2) is 5.91 Å². The van der Waals surface area contributed by atoms with Crippen LogP contribution in [0.5, 0.6) is 0 Å². The third-order valence-corrected chi connectivity index (χ3v) is 2.71. The van der Waals surface area contributed by atoms with Gasteiger partial charge in [0.2, 0.25) is 0 Å². The van der Waals surface area contributed by atoms with E-state index in [1.807, 2.05) is 30.3 Å². The lowest BCUT2D eigenvalue weighted by Crippen LogP contribution is -2.12. The summed E-state index contributed by atoms with van der Waals surface area (Å²) < 4.78 is 0. The average Bonchev–Trinajstić information content (AvgIpc) is 2.39. The lowest BCUT2D eigenvalue weighted by atomic mass is 10.1. The molecule has 0 radical (unpaired) electrons. The Balaban J connectivity index is 2.11. The smallest absolute Gasteiger partial charge is 0.255 e. The van der Waals surface area contributed by atoms with E-state index in [9.17, 15) is 4.79 Å². The number of benzene rings is 2. The SMILES string of the molecule is C=C(C(=O)Nc1cccc(Cl)c1)c1ccccc1. The molecule has 0 aliphatic carbocycles. The van der Waals surface area contributed by atoms with Crippen LogP contribution in [0.3, 0.4) is 0 Å². The van der Waals surface area contributed by atoms with Gasteiger partial charge in [-0.05, 0) is 23.8 Å². The van der Waals surface area contributed by atoms with Gasteiger partial charge < -0.3 is 5.32 Å². The van der Waals surface area contributed by atoms with Gasteiger partial charge in [-0.2, -0.15) is 0 Å². The number of amides is 1. The summed E-state index contributed by atoms with van der Waals surface area (Å²) >= 11 is 5.85. The molecule has 0 heterocycles. The van der Waals surface area contributed by atoms with Crippen molar-refractivity contribution >= 4 is 28.8 Å². The first kappa shape index (κ1) is 12.4. The molecule has 0 saturated heterocycles.